The van der Waals surface area contributed by atoms with Crippen molar-refractivity contribution in [3.8, 4) is 0 Å². The summed E-state index contributed by atoms with van der Waals surface area (Å²) in [5, 5.41) is 0. The SMILES string of the molecule is Cc1ccccc1SCC(=O)NNC(=O)CCN1CCN(c2ccccc2)CC1. The van der Waals surface area contributed by atoms with E-state index in [1.54, 1.807) is 0 Å². The minimum absolute atomic E-state index is 0.162. The number of carbonyl (C=O) groups excluding carboxylic acids is 2. The van der Waals surface area contributed by atoms with Crippen molar-refractivity contribution in [1.29, 1.82) is 0 Å². The number of nitrogens with zero attached hydrogens (tertiary/aromatic N) is 2. The molecular weight excluding hydrogens is 384 g/mol. The molecule has 2 N–H and O–H groups in total. The van der Waals surface area contributed by atoms with Crippen molar-refractivity contribution >= 4 is 29.3 Å². The second kappa shape index (κ2) is 10.9. The Morgan fingerprint density at radius 2 is 1.55 bits per heavy atom. The third-order valence-electron chi connectivity index (χ3n) is 4.94. The van der Waals surface area contributed by atoms with E-state index in [1.807, 2.05) is 37.3 Å². The monoisotopic (exact) mass is 412 g/mol. The summed E-state index contributed by atoms with van der Waals surface area (Å²) in [6, 6.07) is 18.3. The Kier molecular flexibility index (Phi) is 7.95. The molecule has 0 atom stereocenters. The first-order chi connectivity index (χ1) is 14.1. The van der Waals surface area contributed by atoms with Gasteiger partial charge in [-0.1, -0.05) is 36.4 Å². The lowest BCUT2D eigenvalue weighted by Gasteiger charge is -2.36. The molecule has 154 valence electrons. The number of thioether (sulfide) groups is 1. The summed E-state index contributed by atoms with van der Waals surface area (Å²) in [4.78, 5) is 29.7. The molecule has 0 unspecified atom stereocenters. The van der Waals surface area contributed by atoms with Crippen LogP contribution in [0, 0.1) is 6.92 Å². The summed E-state index contributed by atoms with van der Waals surface area (Å²) in [7, 11) is 0. The molecule has 0 aliphatic carbocycles. The lowest BCUT2D eigenvalue weighted by atomic mass is 10.2. The fraction of sp³-hybridized carbons (Fsp3) is 0.364. The largest absolute Gasteiger partial charge is 0.369 e. The fourth-order valence-electron chi connectivity index (χ4n) is 3.23. The Hall–Kier alpha value is -2.51. The van der Waals surface area contributed by atoms with Gasteiger partial charge in [-0.2, -0.15) is 0 Å². The van der Waals surface area contributed by atoms with Crippen LogP contribution in [0.5, 0.6) is 0 Å². The van der Waals surface area contributed by atoms with Crippen molar-refractivity contribution < 1.29 is 9.59 Å². The molecule has 2 aromatic rings. The van der Waals surface area contributed by atoms with Crippen LogP contribution in [0.25, 0.3) is 0 Å². The second-order valence-corrected chi connectivity index (χ2v) is 8.08. The number of benzene rings is 2. The van der Waals surface area contributed by atoms with Gasteiger partial charge in [-0.25, -0.2) is 0 Å². The zero-order chi connectivity index (χ0) is 20.5. The first-order valence-corrected chi connectivity index (χ1v) is 10.9. The minimum Gasteiger partial charge on any atom is -0.369 e. The van der Waals surface area contributed by atoms with Gasteiger partial charge in [0.15, 0.2) is 0 Å². The minimum atomic E-state index is -0.205. The molecule has 3 rings (SSSR count). The number of amides is 2. The quantitative estimate of drug-likeness (QED) is 0.540. The summed E-state index contributed by atoms with van der Waals surface area (Å²) in [6.45, 7) is 6.49. The molecular formula is C22H28N4O2S. The molecule has 1 aliphatic heterocycles. The second-order valence-electron chi connectivity index (χ2n) is 7.06. The zero-order valence-electron chi connectivity index (χ0n) is 16.8. The van der Waals surface area contributed by atoms with Gasteiger partial charge in [0, 0.05) is 49.7 Å². The molecule has 0 aromatic heterocycles. The summed E-state index contributed by atoms with van der Waals surface area (Å²) in [6.07, 6.45) is 0.372. The molecule has 29 heavy (non-hydrogen) atoms. The van der Waals surface area contributed by atoms with E-state index in [0.717, 1.165) is 36.6 Å². The Labute approximate surface area is 176 Å². The molecule has 1 fully saturated rings. The van der Waals surface area contributed by atoms with Crippen LogP contribution in [0.2, 0.25) is 0 Å². The summed E-state index contributed by atoms with van der Waals surface area (Å²) in [5.41, 5.74) is 7.41. The molecule has 6 nitrogen and oxygen atoms in total. The first-order valence-electron chi connectivity index (χ1n) is 9.90. The van der Waals surface area contributed by atoms with Crippen molar-refractivity contribution in [2.24, 2.45) is 0 Å². The molecule has 2 aromatic carbocycles. The lowest BCUT2D eigenvalue weighted by molar-refractivity contribution is -0.127. The van der Waals surface area contributed by atoms with Gasteiger partial charge >= 0.3 is 0 Å². The van der Waals surface area contributed by atoms with Crippen molar-refractivity contribution in [3.63, 3.8) is 0 Å². The van der Waals surface area contributed by atoms with E-state index >= 15 is 0 Å². The van der Waals surface area contributed by atoms with Gasteiger partial charge in [0.05, 0.1) is 5.75 Å². The average Bonchev–Trinajstić information content (AvgIpc) is 2.76. The van der Waals surface area contributed by atoms with Gasteiger partial charge in [-0.3, -0.25) is 25.3 Å². The molecule has 0 spiro atoms. The highest BCUT2D eigenvalue weighted by molar-refractivity contribution is 8.00. The van der Waals surface area contributed by atoms with Gasteiger partial charge in [0.2, 0.25) is 11.8 Å². The number of anilines is 1. The van der Waals surface area contributed by atoms with Gasteiger partial charge in [0.25, 0.3) is 0 Å². The average molecular weight is 413 g/mol. The van der Waals surface area contributed by atoms with Crippen LogP contribution in [0.4, 0.5) is 5.69 Å². The topological polar surface area (TPSA) is 64.7 Å². The maximum atomic E-state index is 12.0. The summed E-state index contributed by atoms with van der Waals surface area (Å²) < 4.78 is 0. The van der Waals surface area contributed by atoms with Crippen molar-refractivity contribution in [1.82, 2.24) is 15.8 Å². The number of rotatable bonds is 7. The van der Waals surface area contributed by atoms with Gasteiger partial charge in [-0.05, 0) is 30.7 Å². The molecule has 7 heteroatoms. The Morgan fingerprint density at radius 1 is 0.897 bits per heavy atom. The third-order valence-corrected chi connectivity index (χ3v) is 6.12. The Balaban J connectivity index is 1.29. The van der Waals surface area contributed by atoms with Crippen molar-refractivity contribution in [2.75, 3.05) is 43.4 Å². The van der Waals surface area contributed by atoms with E-state index in [9.17, 15) is 9.59 Å². The van der Waals surface area contributed by atoms with E-state index in [-0.39, 0.29) is 17.6 Å². The lowest BCUT2D eigenvalue weighted by Crippen LogP contribution is -2.48. The maximum Gasteiger partial charge on any atom is 0.248 e. The molecule has 1 aliphatic rings. The molecule has 0 saturated carbocycles. The van der Waals surface area contributed by atoms with Crippen LogP contribution in [0.3, 0.4) is 0 Å². The number of para-hydroxylation sites is 1. The molecule has 1 saturated heterocycles. The summed E-state index contributed by atoms with van der Waals surface area (Å²) >= 11 is 1.46. The Morgan fingerprint density at radius 3 is 2.28 bits per heavy atom. The number of piperazine rings is 1. The van der Waals surface area contributed by atoms with Crippen LogP contribution in [-0.2, 0) is 9.59 Å². The van der Waals surface area contributed by atoms with Crippen molar-refractivity contribution in [3.05, 3.63) is 60.2 Å². The smallest absolute Gasteiger partial charge is 0.248 e. The van der Waals surface area contributed by atoms with E-state index in [4.69, 9.17) is 0 Å². The first kappa shape index (κ1) is 21.2. The van der Waals surface area contributed by atoms with Crippen molar-refractivity contribution in [2.45, 2.75) is 18.2 Å². The van der Waals surface area contributed by atoms with E-state index < -0.39 is 0 Å². The zero-order valence-corrected chi connectivity index (χ0v) is 17.6. The number of aryl methyl sites for hydroxylation is 1. The highest BCUT2D eigenvalue weighted by Crippen LogP contribution is 2.21. The number of hydrogen-bond acceptors (Lipinski definition) is 5. The van der Waals surface area contributed by atoms with Crippen LogP contribution in [0.15, 0.2) is 59.5 Å². The van der Waals surface area contributed by atoms with Crippen LogP contribution < -0.4 is 15.8 Å². The highest BCUT2D eigenvalue weighted by Gasteiger charge is 2.17. The molecule has 1 heterocycles. The normalized spacial score (nSPS) is 14.4. The van der Waals surface area contributed by atoms with E-state index in [1.165, 1.54) is 17.4 Å². The predicted octanol–water partition coefficient (Wildman–Crippen LogP) is 2.45. The standard InChI is InChI=1S/C22H28N4O2S/c1-18-7-5-6-10-20(18)29-17-22(28)24-23-21(27)11-12-25-13-15-26(16-14-25)19-8-3-2-4-9-19/h2-10H,11-17H2,1H3,(H,23,27)(H,24,28). The fourth-order valence-corrected chi connectivity index (χ4v) is 4.06. The Bertz CT molecular complexity index is 807. The predicted molar refractivity (Wildman–Crippen MR) is 118 cm³/mol. The molecule has 2 amide bonds. The highest BCUT2D eigenvalue weighted by atomic mass is 32.2. The van der Waals surface area contributed by atoms with Gasteiger partial charge in [0.1, 0.15) is 0 Å². The van der Waals surface area contributed by atoms with E-state index in [2.05, 4.69) is 44.9 Å². The molecule has 0 bridgehead atoms. The number of carbonyl (C=O) groups is 2. The van der Waals surface area contributed by atoms with Crippen LogP contribution >= 0.6 is 11.8 Å². The summed E-state index contributed by atoms with van der Waals surface area (Å²) in [5.74, 6) is -0.0974. The third kappa shape index (κ3) is 6.80. The van der Waals surface area contributed by atoms with Gasteiger partial charge < -0.3 is 4.90 Å². The number of hydrogen-bond donors (Lipinski definition) is 2. The van der Waals surface area contributed by atoms with Crippen LogP contribution in [0.1, 0.15) is 12.0 Å². The van der Waals surface area contributed by atoms with E-state index in [0.29, 0.717) is 13.0 Å². The number of nitrogens with one attached hydrogen (secondary N) is 2. The molecule has 0 radical (unpaired) electrons. The maximum absolute atomic E-state index is 12.0. The number of hydrazine groups is 1. The van der Waals surface area contributed by atoms with Gasteiger partial charge in [-0.15, -0.1) is 11.8 Å². The van der Waals surface area contributed by atoms with Crippen LogP contribution in [-0.4, -0.2) is 55.2 Å².